The normalized spacial score (nSPS) is 13.5. The molecular weight excluding hydrogens is 520 g/mol. The van der Waals surface area contributed by atoms with Crippen LogP contribution in [0.1, 0.15) is 76.7 Å². The van der Waals surface area contributed by atoms with Gasteiger partial charge in [-0.3, -0.25) is 0 Å². The van der Waals surface area contributed by atoms with Crippen molar-refractivity contribution in [2.75, 3.05) is 52.7 Å². The number of ether oxygens (including phenoxy) is 5. The average Bonchev–Trinajstić information content (AvgIpc) is 3.01. The highest BCUT2D eigenvalue weighted by atomic mass is 16.7. The van der Waals surface area contributed by atoms with Crippen LogP contribution < -0.4 is 19.5 Å². The van der Waals surface area contributed by atoms with Crippen LogP contribution in [-0.4, -0.2) is 58.3 Å². The smallest absolute Gasteiger partial charge is 0.322 e. The Balaban J connectivity index is 1.64. The molecule has 41 heavy (non-hydrogen) atoms. The Kier molecular flexibility index (Phi) is 15.2. The SMILES string of the molecule is CCCCCCCN(Cc1ccc(OCOCCOC)cc1)C(=O)Nc1ccc(OC)cc1OCC1CCCCC1. The minimum Gasteiger partial charge on any atom is -0.497 e. The van der Waals surface area contributed by atoms with Gasteiger partial charge in [0.05, 0.1) is 32.6 Å². The van der Waals surface area contributed by atoms with Crippen LogP contribution in [0.4, 0.5) is 10.5 Å². The van der Waals surface area contributed by atoms with Gasteiger partial charge in [0, 0.05) is 26.3 Å². The van der Waals surface area contributed by atoms with Crippen LogP contribution in [0.2, 0.25) is 0 Å². The fourth-order valence-electron chi connectivity index (χ4n) is 4.99. The van der Waals surface area contributed by atoms with Crippen molar-refractivity contribution in [1.82, 2.24) is 4.90 Å². The van der Waals surface area contributed by atoms with Gasteiger partial charge in [-0.25, -0.2) is 4.79 Å². The molecule has 0 saturated heterocycles. The molecule has 228 valence electrons. The molecule has 0 radical (unpaired) electrons. The molecule has 1 fully saturated rings. The molecule has 3 rings (SSSR count). The highest BCUT2D eigenvalue weighted by molar-refractivity contribution is 5.91. The van der Waals surface area contributed by atoms with Gasteiger partial charge in [0.1, 0.15) is 17.2 Å². The van der Waals surface area contributed by atoms with Crippen molar-refractivity contribution in [2.24, 2.45) is 5.92 Å². The highest BCUT2D eigenvalue weighted by Gasteiger charge is 2.19. The second-order valence-corrected chi connectivity index (χ2v) is 10.8. The van der Waals surface area contributed by atoms with Gasteiger partial charge < -0.3 is 33.9 Å². The molecule has 8 nitrogen and oxygen atoms in total. The fraction of sp³-hybridized carbons (Fsp3) is 0.606. The van der Waals surface area contributed by atoms with E-state index >= 15 is 0 Å². The zero-order valence-electron chi connectivity index (χ0n) is 25.3. The summed E-state index contributed by atoms with van der Waals surface area (Å²) in [5.74, 6) is 2.64. The number of anilines is 1. The summed E-state index contributed by atoms with van der Waals surface area (Å²) in [6, 6.07) is 13.3. The summed E-state index contributed by atoms with van der Waals surface area (Å²) in [5.41, 5.74) is 1.70. The maximum atomic E-state index is 13.6. The van der Waals surface area contributed by atoms with Gasteiger partial charge in [0.25, 0.3) is 0 Å². The third kappa shape index (κ3) is 12.2. The van der Waals surface area contributed by atoms with Crippen LogP contribution in [-0.2, 0) is 16.0 Å². The number of carbonyl (C=O) groups is 1. The highest BCUT2D eigenvalue weighted by Crippen LogP contribution is 2.32. The van der Waals surface area contributed by atoms with Crippen LogP contribution in [0.25, 0.3) is 0 Å². The minimum absolute atomic E-state index is 0.139. The third-order valence-electron chi connectivity index (χ3n) is 7.49. The number of carbonyl (C=O) groups excluding carboxylic acids is 1. The molecular formula is C33H50N2O6. The molecule has 0 atom stereocenters. The summed E-state index contributed by atoms with van der Waals surface area (Å²) in [6.45, 7) is 5.22. The first-order valence-corrected chi connectivity index (χ1v) is 15.3. The first-order valence-electron chi connectivity index (χ1n) is 15.3. The topological polar surface area (TPSA) is 78.5 Å². The molecule has 0 aromatic heterocycles. The van der Waals surface area contributed by atoms with Crippen molar-refractivity contribution in [1.29, 1.82) is 0 Å². The van der Waals surface area contributed by atoms with Crippen molar-refractivity contribution in [2.45, 2.75) is 77.7 Å². The number of nitrogens with zero attached hydrogens (tertiary/aromatic N) is 1. The van der Waals surface area contributed by atoms with Gasteiger partial charge in [0.15, 0.2) is 6.79 Å². The first-order chi connectivity index (χ1) is 20.1. The molecule has 2 aromatic carbocycles. The first kappa shape index (κ1) is 32.5. The largest absolute Gasteiger partial charge is 0.497 e. The molecule has 0 bridgehead atoms. The zero-order chi connectivity index (χ0) is 29.1. The fourth-order valence-corrected chi connectivity index (χ4v) is 4.99. The van der Waals surface area contributed by atoms with Crippen LogP contribution in [0, 0.1) is 5.92 Å². The van der Waals surface area contributed by atoms with Crippen molar-refractivity contribution in [3.05, 3.63) is 48.0 Å². The molecule has 1 aliphatic carbocycles. The monoisotopic (exact) mass is 570 g/mol. The van der Waals surface area contributed by atoms with Crippen molar-refractivity contribution >= 4 is 11.7 Å². The minimum atomic E-state index is -0.139. The lowest BCUT2D eigenvalue weighted by atomic mass is 9.90. The van der Waals surface area contributed by atoms with Crippen LogP contribution in [0.15, 0.2) is 42.5 Å². The number of amides is 2. The van der Waals surface area contributed by atoms with E-state index < -0.39 is 0 Å². The number of rotatable bonds is 19. The lowest BCUT2D eigenvalue weighted by Gasteiger charge is -2.25. The summed E-state index contributed by atoms with van der Waals surface area (Å²) >= 11 is 0. The van der Waals surface area contributed by atoms with Crippen LogP contribution in [0.3, 0.4) is 0 Å². The molecule has 0 heterocycles. The number of hydrogen-bond acceptors (Lipinski definition) is 6. The second-order valence-electron chi connectivity index (χ2n) is 10.8. The standard InChI is InChI=1S/C33H50N2O6/c1-4-5-6-7-11-20-35(24-27-14-16-29(17-15-27)41-26-39-22-21-37-2)33(36)34-31-19-18-30(38-3)23-32(31)40-25-28-12-9-8-10-13-28/h14-19,23,28H,4-13,20-22,24-26H2,1-3H3,(H,34,36). The van der Waals surface area contributed by atoms with Gasteiger partial charge >= 0.3 is 6.03 Å². The van der Waals surface area contributed by atoms with E-state index in [0.29, 0.717) is 56.0 Å². The number of benzene rings is 2. The molecule has 1 N–H and O–H groups in total. The van der Waals surface area contributed by atoms with E-state index in [9.17, 15) is 4.79 Å². The Hall–Kier alpha value is -2.97. The molecule has 1 aliphatic rings. The maximum Gasteiger partial charge on any atom is 0.322 e. The van der Waals surface area contributed by atoms with E-state index in [4.69, 9.17) is 23.7 Å². The van der Waals surface area contributed by atoms with Gasteiger partial charge in [-0.05, 0) is 55.0 Å². The molecule has 0 spiro atoms. The van der Waals surface area contributed by atoms with Gasteiger partial charge in [-0.15, -0.1) is 0 Å². The summed E-state index contributed by atoms with van der Waals surface area (Å²) < 4.78 is 27.7. The summed E-state index contributed by atoms with van der Waals surface area (Å²) in [5, 5.41) is 3.13. The Morgan fingerprint density at radius 3 is 2.39 bits per heavy atom. The van der Waals surface area contributed by atoms with Crippen molar-refractivity contribution in [3.63, 3.8) is 0 Å². The van der Waals surface area contributed by atoms with Crippen molar-refractivity contribution in [3.8, 4) is 17.2 Å². The van der Waals surface area contributed by atoms with Crippen LogP contribution in [0.5, 0.6) is 17.2 Å². The molecule has 0 aliphatic heterocycles. The number of hydrogen-bond donors (Lipinski definition) is 1. The number of methoxy groups -OCH3 is 2. The van der Waals surface area contributed by atoms with Crippen LogP contribution >= 0.6 is 0 Å². The van der Waals surface area contributed by atoms with E-state index in [-0.39, 0.29) is 12.8 Å². The predicted octanol–water partition coefficient (Wildman–Crippen LogP) is 7.66. The Bertz CT molecular complexity index is 994. The van der Waals surface area contributed by atoms with Gasteiger partial charge in [-0.2, -0.15) is 0 Å². The lowest BCUT2D eigenvalue weighted by Crippen LogP contribution is -2.35. The Labute approximate surface area is 246 Å². The quantitative estimate of drug-likeness (QED) is 0.138. The maximum absolute atomic E-state index is 13.6. The Morgan fingerprint density at radius 1 is 0.902 bits per heavy atom. The van der Waals surface area contributed by atoms with Crippen molar-refractivity contribution < 1.29 is 28.5 Å². The zero-order valence-corrected chi connectivity index (χ0v) is 25.3. The number of unbranched alkanes of at least 4 members (excludes halogenated alkanes) is 4. The molecule has 8 heteroatoms. The third-order valence-corrected chi connectivity index (χ3v) is 7.49. The van der Waals surface area contributed by atoms with Gasteiger partial charge in [0.2, 0.25) is 0 Å². The second kappa shape index (κ2) is 19.2. The molecule has 0 unspecified atom stereocenters. The number of urea groups is 1. The lowest BCUT2D eigenvalue weighted by molar-refractivity contribution is -0.00848. The van der Waals surface area contributed by atoms with E-state index in [2.05, 4.69) is 12.2 Å². The van der Waals surface area contributed by atoms with E-state index in [0.717, 1.165) is 24.2 Å². The summed E-state index contributed by atoms with van der Waals surface area (Å²) in [4.78, 5) is 15.5. The van der Waals surface area contributed by atoms with E-state index in [1.54, 1.807) is 14.2 Å². The van der Waals surface area contributed by atoms with Gasteiger partial charge in [-0.1, -0.05) is 64.0 Å². The van der Waals surface area contributed by atoms with E-state index in [1.165, 1.54) is 51.4 Å². The average molecular weight is 571 g/mol. The molecule has 2 aromatic rings. The summed E-state index contributed by atoms with van der Waals surface area (Å²) in [6.07, 6.45) is 11.9. The molecule has 2 amide bonds. The Morgan fingerprint density at radius 2 is 1.66 bits per heavy atom. The predicted molar refractivity (Wildman–Crippen MR) is 163 cm³/mol. The summed E-state index contributed by atoms with van der Waals surface area (Å²) in [7, 11) is 3.28. The number of nitrogens with one attached hydrogen (secondary N) is 1. The molecule has 1 saturated carbocycles. The van der Waals surface area contributed by atoms with E-state index in [1.807, 2.05) is 47.4 Å².